The van der Waals surface area contributed by atoms with E-state index in [1.54, 1.807) is 12.2 Å². The van der Waals surface area contributed by atoms with E-state index in [0.29, 0.717) is 54.0 Å². The van der Waals surface area contributed by atoms with E-state index in [1.165, 1.54) is 4.90 Å². The van der Waals surface area contributed by atoms with E-state index in [4.69, 9.17) is 21.1 Å². The van der Waals surface area contributed by atoms with E-state index in [2.05, 4.69) is 6.58 Å². The molecule has 37 heavy (non-hydrogen) atoms. The molecular formula is C30H28ClNO4S. The highest BCUT2D eigenvalue weighted by Crippen LogP contribution is 2.38. The number of imide groups is 1. The molecule has 4 rings (SSSR count). The molecule has 0 N–H and O–H groups in total. The van der Waals surface area contributed by atoms with Crippen molar-refractivity contribution < 1.29 is 19.1 Å². The van der Waals surface area contributed by atoms with Gasteiger partial charge in [-0.15, -0.1) is 6.58 Å². The van der Waals surface area contributed by atoms with Gasteiger partial charge in [0.25, 0.3) is 11.1 Å². The third-order valence-electron chi connectivity index (χ3n) is 5.75. The number of amides is 2. The molecule has 0 atom stereocenters. The molecule has 0 saturated carbocycles. The number of nitrogens with zero attached hydrogens (tertiary/aromatic N) is 1. The third kappa shape index (κ3) is 6.85. The Morgan fingerprint density at radius 2 is 1.76 bits per heavy atom. The van der Waals surface area contributed by atoms with Crippen LogP contribution in [0.4, 0.5) is 4.79 Å². The molecule has 0 radical (unpaired) electrons. The zero-order valence-electron chi connectivity index (χ0n) is 20.6. The first-order valence-corrected chi connectivity index (χ1v) is 13.2. The molecule has 1 aliphatic heterocycles. The quantitative estimate of drug-likeness (QED) is 0.191. The fourth-order valence-corrected chi connectivity index (χ4v) is 4.96. The summed E-state index contributed by atoms with van der Waals surface area (Å²) in [5.41, 5.74) is 3.69. The number of carbonyl (C=O) groups excluding carboxylic acids is 2. The van der Waals surface area contributed by atoms with Crippen molar-refractivity contribution in [1.82, 2.24) is 4.90 Å². The maximum Gasteiger partial charge on any atom is 0.293 e. The highest BCUT2D eigenvalue weighted by atomic mass is 35.5. The molecule has 1 fully saturated rings. The minimum Gasteiger partial charge on any atom is -0.490 e. The van der Waals surface area contributed by atoms with Crippen LogP contribution in [0.15, 0.2) is 84.3 Å². The van der Waals surface area contributed by atoms with Gasteiger partial charge in [-0.2, -0.15) is 0 Å². The van der Waals surface area contributed by atoms with Gasteiger partial charge in [0.05, 0.1) is 11.5 Å². The van der Waals surface area contributed by atoms with E-state index in [0.717, 1.165) is 34.0 Å². The van der Waals surface area contributed by atoms with Gasteiger partial charge in [0.2, 0.25) is 0 Å². The molecule has 0 aliphatic carbocycles. The van der Waals surface area contributed by atoms with Crippen molar-refractivity contribution in [2.75, 3.05) is 13.2 Å². The van der Waals surface area contributed by atoms with Crippen molar-refractivity contribution in [2.24, 2.45) is 0 Å². The Kier molecular flexibility index (Phi) is 9.09. The van der Waals surface area contributed by atoms with Crippen molar-refractivity contribution in [2.45, 2.75) is 26.4 Å². The topological polar surface area (TPSA) is 55.8 Å². The summed E-state index contributed by atoms with van der Waals surface area (Å²) >= 11 is 6.95. The van der Waals surface area contributed by atoms with Crippen molar-refractivity contribution in [3.8, 4) is 11.5 Å². The summed E-state index contributed by atoms with van der Waals surface area (Å²) < 4.78 is 12.1. The van der Waals surface area contributed by atoms with Crippen molar-refractivity contribution in [3.05, 3.63) is 112 Å². The lowest BCUT2D eigenvalue weighted by Gasteiger charge is -2.17. The lowest BCUT2D eigenvalue weighted by atomic mass is 10.0. The van der Waals surface area contributed by atoms with Gasteiger partial charge in [0.1, 0.15) is 6.61 Å². The number of ether oxygens (including phenoxy) is 2. The summed E-state index contributed by atoms with van der Waals surface area (Å²) in [4.78, 5) is 27.3. The SMILES string of the molecule is C=CCc1cc(/C=C2\SC(=O)N(CCc3ccccc3)C2=O)cc(OCC)c1OCc1ccc(Cl)cc1. The number of halogens is 1. The van der Waals surface area contributed by atoms with E-state index >= 15 is 0 Å². The predicted molar refractivity (Wildman–Crippen MR) is 150 cm³/mol. The minimum atomic E-state index is -0.280. The van der Waals surface area contributed by atoms with Gasteiger partial charge in [-0.25, -0.2) is 0 Å². The van der Waals surface area contributed by atoms with Crippen LogP contribution < -0.4 is 9.47 Å². The Morgan fingerprint density at radius 3 is 2.46 bits per heavy atom. The summed E-state index contributed by atoms with van der Waals surface area (Å²) in [6, 6.07) is 21.1. The predicted octanol–water partition coefficient (Wildman–Crippen LogP) is 7.33. The number of rotatable bonds is 11. The van der Waals surface area contributed by atoms with Gasteiger partial charge in [-0.3, -0.25) is 14.5 Å². The summed E-state index contributed by atoms with van der Waals surface area (Å²) in [7, 11) is 0. The lowest BCUT2D eigenvalue weighted by molar-refractivity contribution is -0.122. The van der Waals surface area contributed by atoms with Gasteiger partial charge in [-0.1, -0.05) is 60.1 Å². The van der Waals surface area contributed by atoms with Crippen LogP contribution in [0.5, 0.6) is 11.5 Å². The van der Waals surface area contributed by atoms with E-state index in [-0.39, 0.29) is 11.1 Å². The first-order chi connectivity index (χ1) is 18.0. The van der Waals surface area contributed by atoms with Gasteiger partial charge >= 0.3 is 0 Å². The number of carbonyl (C=O) groups is 2. The van der Waals surface area contributed by atoms with Crippen LogP contribution in [-0.2, 0) is 24.2 Å². The largest absolute Gasteiger partial charge is 0.490 e. The fraction of sp³-hybridized carbons (Fsp3) is 0.200. The summed E-state index contributed by atoms with van der Waals surface area (Å²) in [5.74, 6) is 0.924. The highest BCUT2D eigenvalue weighted by molar-refractivity contribution is 8.18. The Labute approximate surface area is 226 Å². The van der Waals surface area contributed by atoms with Gasteiger partial charge in [0.15, 0.2) is 11.5 Å². The van der Waals surface area contributed by atoms with E-state index in [1.807, 2.05) is 73.7 Å². The molecular weight excluding hydrogens is 506 g/mol. The smallest absolute Gasteiger partial charge is 0.293 e. The molecule has 0 aromatic heterocycles. The van der Waals surface area contributed by atoms with E-state index in [9.17, 15) is 9.59 Å². The molecule has 3 aromatic carbocycles. The zero-order valence-corrected chi connectivity index (χ0v) is 22.2. The van der Waals surface area contributed by atoms with Crippen molar-refractivity contribution in [1.29, 1.82) is 0 Å². The van der Waals surface area contributed by atoms with Crippen LogP contribution in [0, 0.1) is 0 Å². The molecule has 3 aromatic rings. The number of benzene rings is 3. The fourth-order valence-electron chi connectivity index (χ4n) is 3.97. The molecule has 1 saturated heterocycles. The minimum absolute atomic E-state index is 0.258. The molecule has 5 nitrogen and oxygen atoms in total. The molecule has 2 amide bonds. The molecule has 190 valence electrons. The second kappa shape index (κ2) is 12.7. The Morgan fingerprint density at radius 1 is 1.00 bits per heavy atom. The molecule has 7 heteroatoms. The number of allylic oxidation sites excluding steroid dienone is 1. The van der Waals surface area contributed by atoms with Gasteiger partial charge < -0.3 is 9.47 Å². The first-order valence-electron chi connectivity index (χ1n) is 12.1. The zero-order chi connectivity index (χ0) is 26.2. The van der Waals surface area contributed by atoms with Crippen LogP contribution in [0.2, 0.25) is 5.02 Å². The average molecular weight is 534 g/mol. The van der Waals surface area contributed by atoms with Crippen LogP contribution in [0.25, 0.3) is 6.08 Å². The Bertz CT molecular complexity index is 1310. The molecule has 0 bridgehead atoms. The Balaban J connectivity index is 1.57. The second-order valence-electron chi connectivity index (χ2n) is 8.42. The van der Waals surface area contributed by atoms with E-state index < -0.39 is 0 Å². The number of hydrogen-bond donors (Lipinski definition) is 0. The van der Waals surface area contributed by atoms with Crippen LogP contribution in [-0.4, -0.2) is 29.2 Å². The highest BCUT2D eigenvalue weighted by Gasteiger charge is 2.34. The molecule has 0 spiro atoms. The summed E-state index contributed by atoms with van der Waals surface area (Å²) in [6.07, 6.45) is 4.70. The first kappa shape index (κ1) is 26.6. The Hall–Kier alpha value is -3.48. The number of hydrogen-bond acceptors (Lipinski definition) is 5. The third-order valence-corrected chi connectivity index (χ3v) is 6.91. The monoisotopic (exact) mass is 533 g/mol. The van der Waals surface area contributed by atoms with Crippen molar-refractivity contribution >= 4 is 40.6 Å². The molecule has 1 heterocycles. The molecule has 0 unspecified atom stereocenters. The van der Waals surface area contributed by atoms with Crippen LogP contribution in [0.1, 0.15) is 29.2 Å². The average Bonchev–Trinajstić information content (AvgIpc) is 3.16. The standard InChI is InChI=1S/C30H28ClNO4S/c1-3-8-24-17-23(18-26(35-4-2)28(24)36-20-22-11-13-25(31)14-12-22)19-27-29(33)32(30(34)37-27)16-15-21-9-6-5-7-10-21/h3,5-7,9-14,17-19H,1,4,8,15-16,20H2,2H3/b27-19-. The van der Waals surface area contributed by atoms with Gasteiger partial charge in [-0.05, 0) is 78.6 Å². The second-order valence-corrected chi connectivity index (χ2v) is 9.85. The van der Waals surface area contributed by atoms with Gasteiger partial charge in [0, 0.05) is 17.1 Å². The summed E-state index contributed by atoms with van der Waals surface area (Å²) in [6.45, 7) is 6.92. The van der Waals surface area contributed by atoms with Crippen LogP contribution in [0.3, 0.4) is 0 Å². The maximum absolute atomic E-state index is 13.0. The molecule has 1 aliphatic rings. The normalized spacial score (nSPS) is 14.3. The number of thioether (sulfide) groups is 1. The maximum atomic E-state index is 13.0. The summed E-state index contributed by atoms with van der Waals surface area (Å²) in [5, 5.41) is 0.409. The van der Waals surface area contributed by atoms with Crippen LogP contribution >= 0.6 is 23.4 Å². The van der Waals surface area contributed by atoms with Crippen molar-refractivity contribution in [3.63, 3.8) is 0 Å². The lowest BCUT2D eigenvalue weighted by Crippen LogP contribution is -2.30.